The average Bonchev–Trinajstić information content (AvgIpc) is 2.54. The second-order valence-electron chi connectivity index (χ2n) is 3.72. The molecule has 0 spiro atoms. The molecule has 74 valence electrons. The minimum Gasteiger partial charge on any atom is -0.354 e. The van der Waals surface area contributed by atoms with Crippen molar-refractivity contribution in [3.8, 4) is 0 Å². The van der Waals surface area contributed by atoms with Crippen LogP contribution in [-0.4, -0.2) is 9.97 Å². The summed E-state index contributed by atoms with van der Waals surface area (Å²) in [5.41, 5.74) is 2.81. The Kier molecular flexibility index (Phi) is 1.51. The molecule has 0 bridgehead atoms. The summed E-state index contributed by atoms with van der Waals surface area (Å²) in [4.78, 5) is 17.4. The van der Waals surface area contributed by atoms with Crippen LogP contribution in [0.4, 0.5) is 0 Å². The topological polar surface area (TPSA) is 48.6 Å². The van der Waals surface area contributed by atoms with E-state index in [0.29, 0.717) is 0 Å². The number of nitrogens with one attached hydrogen (secondary N) is 2. The molecule has 0 unspecified atom stereocenters. The molecule has 3 rings (SSSR count). The second kappa shape index (κ2) is 2.73. The van der Waals surface area contributed by atoms with Crippen LogP contribution in [0.15, 0.2) is 35.1 Å². The number of hydrogen-bond donors (Lipinski definition) is 2. The van der Waals surface area contributed by atoms with Crippen molar-refractivity contribution in [2.45, 2.75) is 6.92 Å². The van der Waals surface area contributed by atoms with Crippen molar-refractivity contribution >= 4 is 21.8 Å². The van der Waals surface area contributed by atoms with Crippen LogP contribution in [0.25, 0.3) is 21.8 Å². The van der Waals surface area contributed by atoms with Gasteiger partial charge in [0.15, 0.2) is 0 Å². The van der Waals surface area contributed by atoms with Gasteiger partial charge in [-0.25, -0.2) is 0 Å². The number of aromatic amines is 2. The van der Waals surface area contributed by atoms with Crippen LogP contribution in [0, 0.1) is 6.92 Å². The molecule has 0 aliphatic carbocycles. The van der Waals surface area contributed by atoms with Crippen molar-refractivity contribution in [2.75, 3.05) is 0 Å². The van der Waals surface area contributed by atoms with E-state index < -0.39 is 0 Å². The normalized spacial score (nSPS) is 11.3. The van der Waals surface area contributed by atoms with E-state index in [1.54, 1.807) is 6.07 Å². The number of rotatable bonds is 0. The second-order valence-corrected chi connectivity index (χ2v) is 3.72. The number of para-hydroxylation sites is 1. The Hall–Kier alpha value is -2.03. The predicted molar refractivity (Wildman–Crippen MR) is 61.2 cm³/mol. The summed E-state index contributed by atoms with van der Waals surface area (Å²) in [6, 6.07) is 9.65. The fraction of sp³-hybridized carbons (Fsp3) is 0.0833. The summed E-state index contributed by atoms with van der Waals surface area (Å²) in [5, 5.41) is 2.26. The van der Waals surface area contributed by atoms with Gasteiger partial charge in [0, 0.05) is 28.0 Å². The molecule has 15 heavy (non-hydrogen) atoms. The number of H-pyrrole nitrogens is 2. The molecular weight excluding hydrogens is 188 g/mol. The molecule has 3 aromatic rings. The minimum atomic E-state index is -0.0634. The van der Waals surface area contributed by atoms with Crippen LogP contribution in [0.1, 0.15) is 5.69 Å². The van der Waals surface area contributed by atoms with Crippen molar-refractivity contribution in [1.29, 1.82) is 0 Å². The van der Waals surface area contributed by atoms with E-state index in [1.807, 2.05) is 25.1 Å². The number of fused-ring (bicyclic) bond motifs is 3. The molecule has 2 heterocycles. The lowest BCUT2D eigenvalue weighted by molar-refractivity contribution is 1.17. The van der Waals surface area contributed by atoms with Gasteiger partial charge in [0.1, 0.15) is 0 Å². The minimum absolute atomic E-state index is 0.0634. The van der Waals surface area contributed by atoms with Gasteiger partial charge in [-0.1, -0.05) is 18.2 Å². The molecule has 3 nitrogen and oxygen atoms in total. The molecule has 0 amide bonds. The van der Waals surface area contributed by atoms with Gasteiger partial charge in [-0.05, 0) is 13.0 Å². The Morgan fingerprint density at radius 3 is 2.73 bits per heavy atom. The number of hydrogen-bond acceptors (Lipinski definition) is 1. The molecule has 0 atom stereocenters. The summed E-state index contributed by atoms with van der Waals surface area (Å²) in [6.45, 7) is 1.92. The Balaban J connectivity index is 2.67. The quantitative estimate of drug-likeness (QED) is 0.572. The van der Waals surface area contributed by atoms with Gasteiger partial charge in [0.05, 0.1) is 5.52 Å². The highest BCUT2D eigenvalue weighted by molar-refractivity contribution is 6.08. The summed E-state index contributed by atoms with van der Waals surface area (Å²) < 4.78 is 0. The molecule has 0 aliphatic rings. The maximum atomic E-state index is 11.3. The number of benzene rings is 1. The van der Waals surface area contributed by atoms with Crippen LogP contribution in [0.5, 0.6) is 0 Å². The maximum Gasteiger partial charge on any atom is 0.250 e. The molecule has 2 aromatic heterocycles. The third kappa shape index (κ3) is 1.09. The van der Waals surface area contributed by atoms with E-state index >= 15 is 0 Å². The summed E-state index contributed by atoms with van der Waals surface area (Å²) in [7, 11) is 0. The monoisotopic (exact) mass is 198 g/mol. The predicted octanol–water partition coefficient (Wildman–Crippen LogP) is 2.32. The molecule has 0 saturated heterocycles. The molecule has 0 saturated carbocycles. The van der Waals surface area contributed by atoms with Gasteiger partial charge in [-0.2, -0.15) is 0 Å². The first-order chi connectivity index (χ1) is 7.25. The maximum absolute atomic E-state index is 11.3. The lowest BCUT2D eigenvalue weighted by Gasteiger charge is -1.95. The Morgan fingerprint density at radius 2 is 1.87 bits per heavy atom. The smallest absolute Gasteiger partial charge is 0.250 e. The van der Waals surface area contributed by atoms with Crippen molar-refractivity contribution in [2.24, 2.45) is 0 Å². The first-order valence-electron chi connectivity index (χ1n) is 4.86. The SMILES string of the molecule is Cc1[nH]c(=O)cc2[nH]c3ccccc3c12. The van der Waals surface area contributed by atoms with E-state index in [2.05, 4.69) is 16.0 Å². The average molecular weight is 198 g/mol. The largest absolute Gasteiger partial charge is 0.354 e. The molecular formula is C12H10N2O. The molecule has 0 aliphatic heterocycles. The highest BCUT2D eigenvalue weighted by Crippen LogP contribution is 2.25. The third-order valence-electron chi connectivity index (χ3n) is 2.70. The van der Waals surface area contributed by atoms with Gasteiger partial charge < -0.3 is 9.97 Å². The molecule has 1 aromatic carbocycles. The Morgan fingerprint density at radius 1 is 1.07 bits per heavy atom. The fourth-order valence-corrected chi connectivity index (χ4v) is 2.09. The van der Waals surface area contributed by atoms with Crippen molar-refractivity contribution in [1.82, 2.24) is 9.97 Å². The van der Waals surface area contributed by atoms with Crippen LogP contribution in [0.3, 0.4) is 0 Å². The molecule has 3 heteroatoms. The van der Waals surface area contributed by atoms with Crippen LogP contribution >= 0.6 is 0 Å². The Bertz CT molecular complexity index is 706. The van der Waals surface area contributed by atoms with Gasteiger partial charge in [-0.15, -0.1) is 0 Å². The summed E-state index contributed by atoms with van der Waals surface area (Å²) >= 11 is 0. The standard InChI is InChI=1S/C12H10N2O/c1-7-12-8-4-2-3-5-9(8)14-10(12)6-11(15)13-7/h2-6,14H,1H3,(H,13,15). The van der Waals surface area contributed by atoms with Gasteiger partial charge >= 0.3 is 0 Å². The first kappa shape index (κ1) is 8.29. The zero-order valence-electron chi connectivity index (χ0n) is 8.29. The van der Waals surface area contributed by atoms with Crippen molar-refractivity contribution in [3.05, 3.63) is 46.4 Å². The van der Waals surface area contributed by atoms with E-state index in [1.165, 1.54) is 0 Å². The van der Waals surface area contributed by atoms with E-state index in [4.69, 9.17) is 0 Å². The third-order valence-corrected chi connectivity index (χ3v) is 2.70. The molecule has 0 radical (unpaired) electrons. The lowest BCUT2D eigenvalue weighted by Crippen LogP contribution is -2.04. The van der Waals surface area contributed by atoms with E-state index in [9.17, 15) is 4.79 Å². The summed E-state index contributed by atoms with van der Waals surface area (Å²) in [5.74, 6) is 0. The molecule has 0 fully saturated rings. The van der Waals surface area contributed by atoms with E-state index in [-0.39, 0.29) is 5.56 Å². The Labute approximate surface area is 85.8 Å². The zero-order valence-corrected chi connectivity index (χ0v) is 8.29. The zero-order chi connectivity index (χ0) is 10.4. The summed E-state index contributed by atoms with van der Waals surface area (Å²) in [6.07, 6.45) is 0. The fourth-order valence-electron chi connectivity index (χ4n) is 2.09. The van der Waals surface area contributed by atoms with Gasteiger partial charge in [-0.3, -0.25) is 4.79 Å². The number of aromatic nitrogens is 2. The first-order valence-corrected chi connectivity index (χ1v) is 4.86. The van der Waals surface area contributed by atoms with Crippen molar-refractivity contribution in [3.63, 3.8) is 0 Å². The van der Waals surface area contributed by atoms with Crippen molar-refractivity contribution < 1.29 is 0 Å². The number of pyridine rings is 1. The van der Waals surface area contributed by atoms with Crippen LogP contribution in [0.2, 0.25) is 0 Å². The van der Waals surface area contributed by atoms with Crippen LogP contribution < -0.4 is 5.56 Å². The lowest BCUT2D eigenvalue weighted by atomic mass is 10.1. The number of aryl methyl sites for hydroxylation is 1. The van der Waals surface area contributed by atoms with Crippen LogP contribution in [-0.2, 0) is 0 Å². The van der Waals surface area contributed by atoms with Gasteiger partial charge in [0.25, 0.3) is 0 Å². The molecule has 2 N–H and O–H groups in total. The highest BCUT2D eigenvalue weighted by Gasteiger charge is 2.06. The highest BCUT2D eigenvalue weighted by atomic mass is 16.1. The van der Waals surface area contributed by atoms with Gasteiger partial charge in [0.2, 0.25) is 5.56 Å². The van der Waals surface area contributed by atoms with E-state index in [0.717, 1.165) is 27.5 Å².